The Kier molecular flexibility index (Phi) is 5.32. The molecule has 4 rings (SSSR count). The van der Waals surface area contributed by atoms with Crippen LogP contribution in [-0.2, 0) is 32.6 Å². The molecular formula is C20H25N5O2S. The van der Waals surface area contributed by atoms with Crippen molar-refractivity contribution in [3.63, 3.8) is 0 Å². The number of nitrogens with zero attached hydrogens (tertiary/aromatic N) is 4. The van der Waals surface area contributed by atoms with Crippen molar-refractivity contribution in [1.82, 2.24) is 24.9 Å². The molecule has 0 unspecified atom stereocenters. The number of amides is 1. The van der Waals surface area contributed by atoms with E-state index in [9.17, 15) is 4.79 Å². The molecule has 0 radical (unpaired) electrons. The van der Waals surface area contributed by atoms with Crippen LogP contribution in [0, 0.1) is 13.8 Å². The summed E-state index contributed by atoms with van der Waals surface area (Å²) in [6.07, 6.45) is 4.48. The van der Waals surface area contributed by atoms with Gasteiger partial charge >= 0.3 is 0 Å². The molecule has 3 aromatic heterocycles. The van der Waals surface area contributed by atoms with Crippen molar-refractivity contribution in [3.05, 3.63) is 56.6 Å². The van der Waals surface area contributed by atoms with Gasteiger partial charge in [0.1, 0.15) is 5.76 Å². The minimum atomic E-state index is 0.000488. The molecule has 148 valence electrons. The number of hydrogen-bond donors (Lipinski definition) is 1. The van der Waals surface area contributed by atoms with E-state index in [4.69, 9.17) is 4.52 Å². The van der Waals surface area contributed by atoms with Gasteiger partial charge in [-0.25, -0.2) is 4.98 Å². The van der Waals surface area contributed by atoms with Gasteiger partial charge in [0, 0.05) is 48.2 Å². The highest BCUT2D eigenvalue weighted by molar-refractivity contribution is 7.10. The second-order valence-corrected chi connectivity index (χ2v) is 8.13. The van der Waals surface area contributed by atoms with Crippen molar-refractivity contribution >= 4 is 17.2 Å². The molecule has 0 aromatic carbocycles. The third kappa shape index (κ3) is 3.62. The highest BCUT2D eigenvalue weighted by Crippen LogP contribution is 2.30. The summed E-state index contributed by atoms with van der Waals surface area (Å²) in [4.78, 5) is 20.6. The Labute approximate surface area is 168 Å². The first-order valence-electron chi connectivity index (χ1n) is 9.57. The van der Waals surface area contributed by atoms with Crippen LogP contribution in [0.2, 0.25) is 0 Å². The zero-order valence-corrected chi connectivity index (χ0v) is 17.3. The highest BCUT2D eigenvalue weighted by atomic mass is 32.1. The molecule has 8 heteroatoms. The molecule has 1 N–H and O–H groups in total. The van der Waals surface area contributed by atoms with Crippen LogP contribution < -0.4 is 5.32 Å². The third-order valence-electron chi connectivity index (χ3n) is 5.40. The Balaban J connectivity index is 1.41. The van der Waals surface area contributed by atoms with Crippen molar-refractivity contribution in [2.24, 2.45) is 0 Å². The first-order valence-corrected chi connectivity index (χ1v) is 10.4. The van der Waals surface area contributed by atoms with Gasteiger partial charge in [0.25, 0.3) is 5.91 Å². The fourth-order valence-electron chi connectivity index (χ4n) is 3.70. The molecule has 0 saturated heterocycles. The summed E-state index contributed by atoms with van der Waals surface area (Å²) in [6.45, 7) is 9.98. The van der Waals surface area contributed by atoms with E-state index >= 15 is 0 Å². The topological polar surface area (TPSA) is 76.2 Å². The molecular weight excluding hydrogens is 374 g/mol. The van der Waals surface area contributed by atoms with E-state index in [0.717, 1.165) is 55.3 Å². The number of aryl methyl sites for hydroxylation is 3. The summed E-state index contributed by atoms with van der Waals surface area (Å²) in [5.74, 6) is 0.890. The van der Waals surface area contributed by atoms with Crippen LogP contribution >= 0.6 is 11.3 Å². The minimum Gasteiger partial charge on any atom is -0.361 e. The van der Waals surface area contributed by atoms with E-state index in [1.807, 2.05) is 23.8 Å². The Morgan fingerprint density at radius 1 is 1.39 bits per heavy atom. The lowest BCUT2D eigenvalue weighted by molar-refractivity contribution is 0.0948. The van der Waals surface area contributed by atoms with Crippen LogP contribution in [-0.4, -0.2) is 32.1 Å². The van der Waals surface area contributed by atoms with E-state index in [1.54, 1.807) is 23.9 Å². The summed E-state index contributed by atoms with van der Waals surface area (Å²) < 4.78 is 7.32. The molecule has 0 fully saturated rings. The highest BCUT2D eigenvalue weighted by Gasteiger charge is 2.25. The van der Waals surface area contributed by atoms with Crippen LogP contribution in [0.15, 0.2) is 22.4 Å². The third-order valence-corrected chi connectivity index (χ3v) is 6.42. The number of carbonyl (C=O) groups is 1. The first kappa shape index (κ1) is 18.9. The summed E-state index contributed by atoms with van der Waals surface area (Å²) in [5.41, 5.74) is 5.16. The normalized spacial score (nSPS) is 14.2. The standard InChI is InChI=1S/C20H25N5O2S/c1-4-25-12-21-7-15(25)8-22-20(26)18-11-28-19-10-24(6-5-16(18)19)9-17-13(2)23-27-14(17)3/h7,11-12H,4-6,8-10H2,1-3H3,(H,22,26). The zero-order valence-electron chi connectivity index (χ0n) is 16.5. The fourth-order valence-corrected chi connectivity index (χ4v) is 4.83. The average Bonchev–Trinajstić information content (AvgIpc) is 3.40. The first-order chi connectivity index (χ1) is 13.6. The van der Waals surface area contributed by atoms with Crippen molar-refractivity contribution < 1.29 is 9.32 Å². The molecule has 3 aromatic rings. The van der Waals surface area contributed by atoms with E-state index in [0.29, 0.717) is 6.54 Å². The number of carbonyl (C=O) groups excluding carboxylic acids is 1. The number of aromatic nitrogens is 3. The van der Waals surface area contributed by atoms with Gasteiger partial charge in [-0.05, 0) is 32.8 Å². The number of nitrogens with one attached hydrogen (secondary N) is 1. The molecule has 0 spiro atoms. The van der Waals surface area contributed by atoms with Crippen LogP contribution in [0.5, 0.6) is 0 Å². The van der Waals surface area contributed by atoms with Crippen LogP contribution in [0.1, 0.15) is 50.4 Å². The molecule has 0 saturated carbocycles. The summed E-state index contributed by atoms with van der Waals surface area (Å²) in [6, 6.07) is 0. The minimum absolute atomic E-state index is 0.000488. The predicted octanol–water partition coefficient (Wildman–Crippen LogP) is 3.06. The molecule has 1 aliphatic rings. The van der Waals surface area contributed by atoms with E-state index in [2.05, 4.69) is 27.3 Å². The molecule has 1 amide bonds. The van der Waals surface area contributed by atoms with Gasteiger partial charge in [-0.2, -0.15) is 0 Å². The lowest BCUT2D eigenvalue weighted by atomic mass is 10.0. The molecule has 0 aliphatic carbocycles. The predicted molar refractivity (Wildman–Crippen MR) is 107 cm³/mol. The van der Waals surface area contributed by atoms with Crippen LogP contribution in [0.3, 0.4) is 0 Å². The van der Waals surface area contributed by atoms with Crippen molar-refractivity contribution in [1.29, 1.82) is 0 Å². The Morgan fingerprint density at radius 2 is 2.25 bits per heavy atom. The molecule has 4 heterocycles. The van der Waals surface area contributed by atoms with Crippen molar-refractivity contribution in [2.75, 3.05) is 6.54 Å². The average molecular weight is 400 g/mol. The quantitative estimate of drug-likeness (QED) is 0.689. The zero-order chi connectivity index (χ0) is 19.7. The van der Waals surface area contributed by atoms with Crippen LogP contribution in [0.25, 0.3) is 0 Å². The monoisotopic (exact) mass is 399 g/mol. The number of thiophene rings is 1. The van der Waals surface area contributed by atoms with Gasteiger partial charge in [0.05, 0.1) is 29.8 Å². The molecule has 7 nitrogen and oxygen atoms in total. The molecule has 0 bridgehead atoms. The van der Waals surface area contributed by atoms with Gasteiger partial charge in [0.2, 0.25) is 0 Å². The smallest absolute Gasteiger partial charge is 0.252 e. The Bertz CT molecular complexity index is 967. The Hall–Kier alpha value is -2.45. The molecule has 28 heavy (non-hydrogen) atoms. The number of hydrogen-bond acceptors (Lipinski definition) is 6. The largest absolute Gasteiger partial charge is 0.361 e. The van der Waals surface area contributed by atoms with Gasteiger partial charge in [-0.3, -0.25) is 9.69 Å². The van der Waals surface area contributed by atoms with E-state index in [-0.39, 0.29) is 5.91 Å². The van der Waals surface area contributed by atoms with Crippen molar-refractivity contribution in [2.45, 2.75) is 53.4 Å². The number of imidazole rings is 1. The van der Waals surface area contributed by atoms with E-state index in [1.165, 1.54) is 16.0 Å². The second kappa shape index (κ2) is 7.89. The second-order valence-electron chi connectivity index (χ2n) is 7.17. The maximum atomic E-state index is 12.7. The van der Waals surface area contributed by atoms with Gasteiger partial charge in [0.15, 0.2) is 0 Å². The number of rotatable bonds is 6. The Morgan fingerprint density at radius 3 is 3.00 bits per heavy atom. The summed E-state index contributed by atoms with van der Waals surface area (Å²) >= 11 is 1.68. The van der Waals surface area contributed by atoms with Crippen LogP contribution in [0.4, 0.5) is 0 Å². The fraction of sp³-hybridized carbons (Fsp3) is 0.450. The van der Waals surface area contributed by atoms with Gasteiger partial charge in [-0.15, -0.1) is 11.3 Å². The molecule has 0 atom stereocenters. The SMILES string of the molecule is CCn1cncc1CNC(=O)c1csc2c1CCN(Cc1c(C)noc1C)C2. The maximum Gasteiger partial charge on any atom is 0.252 e. The maximum absolute atomic E-state index is 12.7. The number of fused-ring (bicyclic) bond motifs is 1. The van der Waals surface area contributed by atoms with Gasteiger partial charge < -0.3 is 14.4 Å². The van der Waals surface area contributed by atoms with E-state index < -0.39 is 0 Å². The van der Waals surface area contributed by atoms with Gasteiger partial charge in [-0.1, -0.05) is 5.16 Å². The van der Waals surface area contributed by atoms with Crippen molar-refractivity contribution in [3.8, 4) is 0 Å². The lowest BCUT2D eigenvalue weighted by Gasteiger charge is -2.27. The summed E-state index contributed by atoms with van der Waals surface area (Å²) in [5, 5.41) is 9.09. The summed E-state index contributed by atoms with van der Waals surface area (Å²) in [7, 11) is 0. The molecule has 1 aliphatic heterocycles. The lowest BCUT2D eigenvalue weighted by Crippen LogP contribution is -2.31.